The first-order valence-electron chi connectivity index (χ1n) is 9.41. The largest absolute Gasteiger partial charge is 0.324 e. The highest BCUT2D eigenvalue weighted by atomic mass is 16.6. The van der Waals surface area contributed by atoms with E-state index in [0.717, 1.165) is 15.9 Å². The van der Waals surface area contributed by atoms with Gasteiger partial charge in [0.1, 0.15) is 12.1 Å². The molecule has 2 heterocycles. The summed E-state index contributed by atoms with van der Waals surface area (Å²) in [5.74, 6) is -0.532. The van der Waals surface area contributed by atoms with Crippen molar-refractivity contribution in [3.8, 4) is 5.69 Å². The Morgan fingerprint density at radius 2 is 1.94 bits per heavy atom. The molecular weight excluding hydrogens is 400 g/mol. The van der Waals surface area contributed by atoms with Crippen LogP contribution in [0.3, 0.4) is 0 Å². The first-order chi connectivity index (χ1) is 14.8. The van der Waals surface area contributed by atoms with E-state index in [1.165, 1.54) is 24.3 Å². The highest BCUT2D eigenvalue weighted by Crippen LogP contribution is 2.20. The van der Waals surface area contributed by atoms with Crippen LogP contribution in [0, 0.1) is 24.0 Å². The molecule has 0 radical (unpaired) electrons. The molecule has 2 aromatic heterocycles. The zero-order valence-electron chi connectivity index (χ0n) is 16.8. The topological polar surface area (TPSA) is 125 Å². The van der Waals surface area contributed by atoms with Crippen molar-refractivity contribution < 1.29 is 9.72 Å². The van der Waals surface area contributed by atoms with Crippen LogP contribution in [0.25, 0.3) is 16.6 Å². The fourth-order valence-corrected chi connectivity index (χ4v) is 3.35. The van der Waals surface area contributed by atoms with E-state index in [0.29, 0.717) is 16.6 Å². The van der Waals surface area contributed by atoms with E-state index in [9.17, 15) is 19.7 Å². The first-order valence-corrected chi connectivity index (χ1v) is 9.41. The molecule has 0 bridgehead atoms. The van der Waals surface area contributed by atoms with Gasteiger partial charge in [-0.15, -0.1) is 0 Å². The molecule has 0 saturated carbocycles. The van der Waals surface area contributed by atoms with Crippen LogP contribution in [0.1, 0.15) is 11.3 Å². The number of anilines is 1. The summed E-state index contributed by atoms with van der Waals surface area (Å²) in [6.45, 7) is 3.31. The van der Waals surface area contributed by atoms with Crippen molar-refractivity contribution in [1.29, 1.82) is 0 Å². The normalized spacial score (nSPS) is 10.9. The van der Waals surface area contributed by atoms with Crippen molar-refractivity contribution in [2.45, 2.75) is 20.4 Å². The number of rotatable bonds is 5. The molecule has 0 spiro atoms. The second-order valence-electron chi connectivity index (χ2n) is 7.01. The Bertz CT molecular complexity index is 1390. The summed E-state index contributed by atoms with van der Waals surface area (Å²) in [4.78, 5) is 36.0. The van der Waals surface area contributed by atoms with Crippen molar-refractivity contribution in [3.63, 3.8) is 0 Å². The number of nitro groups is 1. The van der Waals surface area contributed by atoms with E-state index in [4.69, 9.17) is 0 Å². The minimum absolute atomic E-state index is 0.146. The van der Waals surface area contributed by atoms with Crippen LogP contribution in [-0.4, -0.2) is 30.4 Å². The molecule has 10 nitrogen and oxygen atoms in total. The number of benzene rings is 2. The van der Waals surface area contributed by atoms with Crippen LogP contribution in [0.2, 0.25) is 0 Å². The molecule has 0 unspecified atom stereocenters. The van der Waals surface area contributed by atoms with Crippen LogP contribution < -0.4 is 10.9 Å². The number of carbonyl (C=O) groups excluding carboxylic acids is 1. The molecule has 1 N–H and O–H groups in total. The maximum atomic E-state index is 13.1. The lowest BCUT2D eigenvalue weighted by Gasteiger charge is -2.10. The van der Waals surface area contributed by atoms with Gasteiger partial charge in [-0.25, -0.2) is 9.36 Å². The third-order valence-electron chi connectivity index (χ3n) is 4.84. The first kappa shape index (κ1) is 20.0. The fourth-order valence-electron chi connectivity index (χ4n) is 3.35. The summed E-state index contributed by atoms with van der Waals surface area (Å²) in [5, 5.41) is 22.7. The fraction of sp³-hybridized carbons (Fsp3) is 0.143. The van der Waals surface area contributed by atoms with Crippen molar-refractivity contribution in [2.75, 3.05) is 5.32 Å². The van der Waals surface area contributed by atoms with Crippen LogP contribution >= 0.6 is 0 Å². The minimum atomic E-state index is -0.550. The summed E-state index contributed by atoms with van der Waals surface area (Å²) in [5.41, 5.74) is 2.23. The van der Waals surface area contributed by atoms with Crippen LogP contribution in [0.4, 0.5) is 11.4 Å². The average molecular weight is 418 g/mol. The highest BCUT2D eigenvalue weighted by Gasteiger charge is 2.17. The van der Waals surface area contributed by atoms with E-state index in [-0.39, 0.29) is 17.9 Å². The Kier molecular flexibility index (Phi) is 5.04. The Balaban J connectivity index is 1.69. The van der Waals surface area contributed by atoms with E-state index in [1.54, 1.807) is 17.8 Å². The van der Waals surface area contributed by atoms with Gasteiger partial charge in [-0.1, -0.05) is 24.3 Å². The van der Waals surface area contributed by atoms with E-state index in [1.807, 2.05) is 31.2 Å². The van der Waals surface area contributed by atoms with Gasteiger partial charge in [-0.3, -0.25) is 19.7 Å². The molecule has 31 heavy (non-hydrogen) atoms. The smallest absolute Gasteiger partial charge is 0.293 e. The quantitative estimate of drug-likeness (QED) is 0.392. The van der Waals surface area contributed by atoms with Gasteiger partial charge in [0, 0.05) is 23.2 Å². The second kappa shape index (κ2) is 7.82. The number of amides is 1. The number of nitro benzene ring substituents is 1. The van der Waals surface area contributed by atoms with Gasteiger partial charge in [-0.2, -0.15) is 10.2 Å². The lowest BCUT2D eigenvalue weighted by Crippen LogP contribution is -2.31. The van der Waals surface area contributed by atoms with Gasteiger partial charge in [0.25, 0.3) is 11.2 Å². The molecule has 4 rings (SSSR count). The number of hydrogen-bond donors (Lipinski definition) is 1. The summed E-state index contributed by atoms with van der Waals surface area (Å²) in [6, 6.07) is 13.1. The van der Waals surface area contributed by atoms with Crippen molar-refractivity contribution in [1.82, 2.24) is 19.6 Å². The number of fused-ring (bicyclic) bond motifs is 1. The molecule has 10 heteroatoms. The molecule has 1 amide bonds. The monoisotopic (exact) mass is 418 g/mol. The van der Waals surface area contributed by atoms with Crippen molar-refractivity contribution in [2.24, 2.45) is 0 Å². The standard InChI is InChI=1S/C21H18N6O4/c1-13-6-3-4-9-18(13)26-20-17(11-22-26)14(2)24-25(21(20)29)12-19(28)23-15-7-5-8-16(10-15)27(30)31/h3-11H,12H2,1-2H3,(H,23,28). The summed E-state index contributed by atoms with van der Waals surface area (Å²) >= 11 is 0. The summed E-state index contributed by atoms with van der Waals surface area (Å²) in [6.07, 6.45) is 1.58. The predicted octanol–water partition coefficient (Wildman–Crippen LogP) is 2.75. The molecule has 0 aliphatic carbocycles. The lowest BCUT2D eigenvalue weighted by molar-refractivity contribution is -0.384. The van der Waals surface area contributed by atoms with Gasteiger partial charge >= 0.3 is 0 Å². The number of para-hydroxylation sites is 1. The molecular formula is C21H18N6O4. The molecule has 0 atom stereocenters. The van der Waals surface area contributed by atoms with Crippen LogP contribution in [-0.2, 0) is 11.3 Å². The minimum Gasteiger partial charge on any atom is -0.324 e. The molecule has 0 saturated heterocycles. The van der Waals surface area contributed by atoms with E-state index in [2.05, 4.69) is 15.5 Å². The number of nitrogens with zero attached hydrogens (tertiary/aromatic N) is 5. The number of hydrogen-bond acceptors (Lipinski definition) is 6. The van der Waals surface area contributed by atoms with Crippen molar-refractivity contribution >= 4 is 28.2 Å². The Morgan fingerprint density at radius 1 is 1.16 bits per heavy atom. The number of aromatic nitrogens is 4. The highest BCUT2D eigenvalue weighted by molar-refractivity contribution is 5.91. The van der Waals surface area contributed by atoms with Gasteiger partial charge in [0.05, 0.1) is 22.5 Å². The number of non-ortho nitro benzene ring substituents is 1. The van der Waals surface area contributed by atoms with Crippen LogP contribution in [0.15, 0.2) is 59.5 Å². The lowest BCUT2D eigenvalue weighted by atomic mass is 10.2. The third-order valence-corrected chi connectivity index (χ3v) is 4.84. The SMILES string of the molecule is Cc1ccccc1-n1ncc2c(C)nn(CC(=O)Nc3cccc([N+](=O)[O-])c3)c(=O)c21. The summed E-state index contributed by atoms with van der Waals surface area (Å²) in [7, 11) is 0. The van der Waals surface area contributed by atoms with Crippen molar-refractivity contribution in [3.05, 3.63) is 86.5 Å². The number of carbonyl (C=O) groups is 1. The van der Waals surface area contributed by atoms with Gasteiger partial charge in [0.15, 0.2) is 0 Å². The molecule has 2 aromatic carbocycles. The zero-order valence-corrected chi connectivity index (χ0v) is 16.8. The molecule has 0 aliphatic heterocycles. The third kappa shape index (κ3) is 3.78. The molecule has 4 aromatic rings. The number of nitrogens with one attached hydrogen (secondary N) is 1. The molecule has 156 valence electrons. The van der Waals surface area contributed by atoms with Gasteiger partial charge in [-0.05, 0) is 31.5 Å². The maximum absolute atomic E-state index is 13.1. The van der Waals surface area contributed by atoms with Gasteiger partial charge < -0.3 is 5.32 Å². The Hall–Kier alpha value is -4.34. The molecule has 0 fully saturated rings. The van der Waals surface area contributed by atoms with E-state index >= 15 is 0 Å². The average Bonchev–Trinajstić information content (AvgIpc) is 3.18. The molecule has 0 aliphatic rings. The number of aryl methyl sites for hydroxylation is 2. The van der Waals surface area contributed by atoms with Crippen LogP contribution in [0.5, 0.6) is 0 Å². The Morgan fingerprint density at radius 3 is 2.68 bits per heavy atom. The maximum Gasteiger partial charge on any atom is 0.293 e. The zero-order chi connectivity index (χ0) is 22.1. The predicted molar refractivity (Wildman–Crippen MR) is 114 cm³/mol. The second-order valence-corrected chi connectivity index (χ2v) is 7.01. The van der Waals surface area contributed by atoms with E-state index < -0.39 is 16.4 Å². The summed E-state index contributed by atoms with van der Waals surface area (Å²) < 4.78 is 2.62. The van der Waals surface area contributed by atoms with Gasteiger partial charge in [0.2, 0.25) is 5.91 Å². The Labute approximate surface area is 175 Å².